The van der Waals surface area contributed by atoms with Crippen molar-refractivity contribution in [1.82, 2.24) is 0 Å². The minimum Gasteiger partial charge on any atom is -0.394 e. The van der Waals surface area contributed by atoms with Crippen molar-refractivity contribution < 1.29 is 48.1 Å². The molecule has 0 aliphatic carbocycles. The molecule has 0 saturated heterocycles. The lowest BCUT2D eigenvalue weighted by Crippen LogP contribution is -2.26. The molecule has 0 unspecified atom stereocenters. The molecule has 262 valence electrons. The van der Waals surface area contributed by atoms with Crippen LogP contribution in [0.4, 0.5) is 0 Å². The first-order valence-electron chi connectivity index (χ1n) is 16.7. The number of ether oxygens (including phenoxy) is 8. The van der Waals surface area contributed by atoms with Crippen LogP contribution in [-0.2, 0) is 50.7 Å². The van der Waals surface area contributed by atoms with Crippen molar-refractivity contribution in [2.24, 2.45) is 11.8 Å². The van der Waals surface area contributed by atoms with Crippen LogP contribution in [0.25, 0.3) is 0 Å². The van der Waals surface area contributed by atoms with E-state index in [-0.39, 0.29) is 13.2 Å². The van der Waals surface area contributed by atoms with E-state index in [2.05, 4.69) is 60.7 Å². The monoisotopic (exact) mass is 650 g/mol. The first-order chi connectivity index (χ1) is 22.8. The van der Waals surface area contributed by atoms with Crippen molar-refractivity contribution in [2.45, 2.75) is 25.7 Å². The van der Waals surface area contributed by atoms with E-state index in [4.69, 9.17) is 48.1 Å². The van der Waals surface area contributed by atoms with Crippen LogP contribution in [0.5, 0.6) is 0 Å². The van der Waals surface area contributed by atoms with Crippen molar-refractivity contribution >= 4 is 0 Å². The van der Waals surface area contributed by atoms with E-state index in [1.165, 1.54) is 11.1 Å². The third-order valence-electron chi connectivity index (χ3n) is 7.25. The van der Waals surface area contributed by atoms with Gasteiger partial charge in [-0.3, -0.25) is 0 Å². The summed E-state index contributed by atoms with van der Waals surface area (Å²) in [6, 6.07) is 21.4. The van der Waals surface area contributed by atoms with E-state index in [0.29, 0.717) is 118 Å². The van der Waals surface area contributed by atoms with Gasteiger partial charge < -0.3 is 48.1 Å². The standard InChI is InChI=1S/C36H58O10/c37-13-16-40-19-22-43-25-24-42-21-18-39-15-7-12-35(30-33-8-3-1-4-9-33)36(31-34-10-5-2-6-11-34)32-46-29-28-45-27-26-44-23-20-41-17-14-38/h1-6,8-11,35-38H,7,12-32H2/t35-,36+/m0/s1. The summed E-state index contributed by atoms with van der Waals surface area (Å²) in [6.07, 6.45) is 3.95. The lowest BCUT2D eigenvalue weighted by molar-refractivity contribution is -0.0128. The fourth-order valence-electron chi connectivity index (χ4n) is 4.93. The predicted molar refractivity (Wildman–Crippen MR) is 177 cm³/mol. The van der Waals surface area contributed by atoms with E-state index >= 15 is 0 Å². The molecule has 2 aromatic carbocycles. The average Bonchev–Trinajstić information content (AvgIpc) is 3.08. The number of aliphatic hydroxyl groups excluding tert-OH is 2. The number of hydrogen-bond acceptors (Lipinski definition) is 10. The number of aliphatic hydroxyl groups is 2. The Kier molecular flexibility index (Phi) is 26.6. The molecule has 0 amide bonds. The molecule has 2 N–H and O–H groups in total. The van der Waals surface area contributed by atoms with Crippen LogP contribution < -0.4 is 0 Å². The average molecular weight is 651 g/mol. The summed E-state index contributed by atoms with van der Waals surface area (Å²) in [5.74, 6) is 0.783. The maximum absolute atomic E-state index is 8.72. The lowest BCUT2D eigenvalue weighted by Gasteiger charge is -2.28. The normalized spacial score (nSPS) is 12.8. The van der Waals surface area contributed by atoms with Crippen LogP contribution in [0.1, 0.15) is 24.0 Å². The Labute approximate surface area is 276 Å². The summed E-state index contributed by atoms with van der Waals surface area (Å²) < 4.78 is 44.6. The molecule has 2 aromatic rings. The first kappa shape index (κ1) is 40.2. The second-order valence-corrected chi connectivity index (χ2v) is 10.9. The second-order valence-electron chi connectivity index (χ2n) is 10.9. The van der Waals surface area contributed by atoms with Gasteiger partial charge in [0.05, 0.1) is 112 Å². The van der Waals surface area contributed by atoms with Crippen LogP contribution in [0, 0.1) is 11.8 Å². The molecule has 0 saturated carbocycles. The molecule has 10 nitrogen and oxygen atoms in total. The van der Waals surface area contributed by atoms with Gasteiger partial charge >= 0.3 is 0 Å². The van der Waals surface area contributed by atoms with Gasteiger partial charge in [0.2, 0.25) is 0 Å². The van der Waals surface area contributed by atoms with E-state index < -0.39 is 0 Å². The molecular formula is C36H58O10. The van der Waals surface area contributed by atoms with Crippen LogP contribution in [0.2, 0.25) is 0 Å². The third-order valence-corrected chi connectivity index (χ3v) is 7.25. The minimum absolute atomic E-state index is 0.0239. The van der Waals surface area contributed by atoms with Crippen LogP contribution in [0.3, 0.4) is 0 Å². The molecule has 0 spiro atoms. The number of benzene rings is 2. The molecule has 0 bridgehead atoms. The van der Waals surface area contributed by atoms with E-state index in [0.717, 1.165) is 25.7 Å². The Morgan fingerprint density at radius 3 is 1.15 bits per heavy atom. The maximum Gasteiger partial charge on any atom is 0.0701 e. The molecular weight excluding hydrogens is 592 g/mol. The lowest BCUT2D eigenvalue weighted by atomic mass is 9.80. The Bertz CT molecular complexity index is 889. The fourth-order valence-corrected chi connectivity index (χ4v) is 4.93. The maximum atomic E-state index is 8.72. The predicted octanol–water partition coefficient (Wildman–Crippen LogP) is 3.60. The Morgan fingerprint density at radius 2 is 0.739 bits per heavy atom. The van der Waals surface area contributed by atoms with E-state index in [1.807, 2.05) is 0 Å². The molecule has 0 radical (unpaired) electrons. The van der Waals surface area contributed by atoms with Gasteiger partial charge in [0.1, 0.15) is 0 Å². The highest BCUT2D eigenvalue weighted by molar-refractivity contribution is 5.17. The van der Waals surface area contributed by atoms with Gasteiger partial charge in [-0.05, 0) is 48.6 Å². The molecule has 2 atom stereocenters. The summed E-state index contributed by atoms with van der Waals surface area (Å²) in [5, 5.41) is 17.4. The zero-order chi connectivity index (χ0) is 32.6. The van der Waals surface area contributed by atoms with E-state index in [1.54, 1.807) is 0 Å². The Balaban J connectivity index is 1.73. The topological polar surface area (TPSA) is 114 Å². The number of hydrogen-bond donors (Lipinski definition) is 2. The Morgan fingerprint density at radius 1 is 0.391 bits per heavy atom. The van der Waals surface area contributed by atoms with Crippen molar-refractivity contribution in [3.8, 4) is 0 Å². The minimum atomic E-state index is 0.0239. The second kappa shape index (κ2) is 30.4. The first-order valence-corrected chi connectivity index (χ1v) is 16.7. The quantitative estimate of drug-likeness (QED) is 0.111. The zero-order valence-corrected chi connectivity index (χ0v) is 27.6. The molecule has 10 heteroatoms. The fraction of sp³-hybridized carbons (Fsp3) is 0.667. The molecule has 46 heavy (non-hydrogen) atoms. The van der Waals surface area contributed by atoms with Crippen molar-refractivity contribution in [2.75, 3.05) is 119 Å². The van der Waals surface area contributed by atoms with Gasteiger partial charge in [-0.2, -0.15) is 0 Å². The summed E-state index contributed by atoms with van der Waals surface area (Å²) >= 11 is 0. The van der Waals surface area contributed by atoms with Crippen molar-refractivity contribution in [1.29, 1.82) is 0 Å². The van der Waals surface area contributed by atoms with Gasteiger partial charge in [-0.15, -0.1) is 0 Å². The zero-order valence-electron chi connectivity index (χ0n) is 27.6. The van der Waals surface area contributed by atoms with Crippen LogP contribution in [-0.4, -0.2) is 129 Å². The van der Waals surface area contributed by atoms with Gasteiger partial charge in [-0.25, -0.2) is 0 Å². The van der Waals surface area contributed by atoms with Gasteiger partial charge in [0.25, 0.3) is 0 Å². The highest BCUT2D eigenvalue weighted by Crippen LogP contribution is 2.27. The largest absolute Gasteiger partial charge is 0.394 e. The summed E-state index contributed by atoms with van der Waals surface area (Å²) in [7, 11) is 0. The summed E-state index contributed by atoms with van der Waals surface area (Å²) in [5.41, 5.74) is 2.66. The molecule has 2 rings (SSSR count). The highest BCUT2D eigenvalue weighted by Gasteiger charge is 2.23. The summed E-state index contributed by atoms with van der Waals surface area (Å²) in [4.78, 5) is 0. The van der Waals surface area contributed by atoms with Crippen LogP contribution in [0.15, 0.2) is 60.7 Å². The third kappa shape index (κ3) is 22.5. The molecule has 0 aliphatic rings. The van der Waals surface area contributed by atoms with Crippen molar-refractivity contribution in [3.63, 3.8) is 0 Å². The van der Waals surface area contributed by atoms with Gasteiger partial charge in [0.15, 0.2) is 0 Å². The Hall–Kier alpha value is -1.96. The van der Waals surface area contributed by atoms with Crippen molar-refractivity contribution in [3.05, 3.63) is 71.8 Å². The van der Waals surface area contributed by atoms with E-state index in [9.17, 15) is 0 Å². The molecule has 0 aromatic heterocycles. The number of rotatable bonds is 33. The molecule has 0 fully saturated rings. The smallest absolute Gasteiger partial charge is 0.0701 e. The SMILES string of the molecule is OCCOCCOCCOCCOCCC[C@@H](Cc1ccccc1)[C@@H](COCCOCCOCCOCCO)Cc1ccccc1. The summed E-state index contributed by atoms with van der Waals surface area (Å²) in [6.45, 7) is 8.20. The molecule has 0 aliphatic heterocycles. The van der Waals surface area contributed by atoms with Gasteiger partial charge in [0, 0.05) is 6.61 Å². The molecule has 0 heterocycles. The highest BCUT2D eigenvalue weighted by atomic mass is 16.6. The van der Waals surface area contributed by atoms with Gasteiger partial charge in [-0.1, -0.05) is 60.7 Å². The van der Waals surface area contributed by atoms with Crippen LogP contribution >= 0.6 is 0 Å².